The van der Waals surface area contributed by atoms with Crippen LogP contribution in [0.2, 0.25) is 0 Å². The first kappa shape index (κ1) is 47.2. The van der Waals surface area contributed by atoms with Crippen LogP contribution in [-0.4, -0.2) is 24.4 Å². The van der Waals surface area contributed by atoms with Crippen LogP contribution in [0.1, 0.15) is 165 Å². The Hall–Kier alpha value is -4.89. The standard InChI is InChI=1S/C59H67N5S3/c1-3-5-7-9-11-13-15-17-19-23-29-42-37-43(30-24-20-18-16-14-12-10-8-6-4-2)39-46(38-42)60-55-47-35-36-65-58(47)59-48(55)40-51(66-59)52-56-49(41-50-57(52)64-67-63-50)61-53(44-31-25-21-26-32-44)54(62-56)45-33-27-22-28-34-45/h21-22,25-28,31-41H,3-20,23-24,29-30H2,1-2H3. The van der Waals surface area contributed by atoms with E-state index in [0.717, 1.165) is 79.3 Å². The first-order valence-corrected chi connectivity index (χ1v) is 28.1. The fourth-order valence-electron chi connectivity index (χ4n) is 9.92. The molecule has 0 saturated carbocycles. The molecule has 0 N–H and O–H groups in total. The van der Waals surface area contributed by atoms with Crippen LogP contribution in [0, 0.1) is 0 Å². The largest absolute Gasteiger partial charge is 0.248 e. The predicted molar refractivity (Wildman–Crippen MR) is 291 cm³/mol. The number of aliphatic imine (C=N–C) groups is 1. The summed E-state index contributed by atoms with van der Waals surface area (Å²) in [7, 11) is 0. The van der Waals surface area contributed by atoms with Crippen molar-refractivity contribution >= 4 is 67.9 Å². The Labute approximate surface area is 411 Å². The highest BCUT2D eigenvalue weighted by Gasteiger charge is 2.31. The molecule has 8 heteroatoms. The number of benzene rings is 4. The zero-order valence-corrected chi connectivity index (χ0v) is 42.3. The SMILES string of the molecule is CCCCCCCCCCCCc1cc(CCCCCCCCCCCC)cc(N=C2c3ccsc3-c3sc(-c4c5nsnc5cc5nc(-c6ccccc6)c(-c6ccccc6)nc45)cc32)c1. The van der Waals surface area contributed by atoms with Gasteiger partial charge in [0, 0.05) is 32.7 Å². The van der Waals surface area contributed by atoms with E-state index in [2.05, 4.69) is 110 Å². The average molecular weight is 942 g/mol. The molecule has 346 valence electrons. The van der Waals surface area contributed by atoms with Gasteiger partial charge >= 0.3 is 0 Å². The lowest BCUT2D eigenvalue weighted by molar-refractivity contribution is 0.555. The molecule has 0 saturated heterocycles. The van der Waals surface area contributed by atoms with E-state index < -0.39 is 0 Å². The van der Waals surface area contributed by atoms with Gasteiger partial charge in [-0.15, -0.1) is 22.7 Å². The van der Waals surface area contributed by atoms with E-state index in [4.69, 9.17) is 23.7 Å². The Morgan fingerprint density at radius 1 is 0.478 bits per heavy atom. The lowest BCUT2D eigenvalue weighted by atomic mass is 9.98. The van der Waals surface area contributed by atoms with Crippen LogP contribution in [0.25, 0.3) is 64.8 Å². The monoisotopic (exact) mass is 941 g/mol. The van der Waals surface area contributed by atoms with Crippen molar-refractivity contribution in [2.45, 2.75) is 155 Å². The van der Waals surface area contributed by atoms with Gasteiger partial charge in [-0.05, 0) is 72.5 Å². The first-order chi connectivity index (χ1) is 33.2. The van der Waals surface area contributed by atoms with E-state index in [1.807, 2.05) is 28.7 Å². The van der Waals surface area contributed by atoms with Crippen molar-refractivity contribution in [1.82, 2.24) is 18.7 Å². The van der Waals surface area contributed by atoms with Gasteiger partial charge in [0.15, 0.2) is 0 Å². The van der Waals surface area contributed by atoms with Gasteiger partial charge < -0.3 is 0 Å². The van der Waals surface area contributed by atoms with Crippen LogP contribution in [0.3, 0.4) is 0 Å². The molecule has 4 aromatic carbocycles. The molecule has 67 heavy (non-hydrogen) atoms. The summed E-state index contributed by atoms with van der Waals surface area (Å²) >= 11 is 4.89. The molecule has 4 aromatic heterocycles. The number of rotatable bonds is 26. The van der Waals surface area contributed by atoms with E-state index in [0.29, 0.717) is 0 Å². The number of hydrogen-bond acceptors (Lipinski definition) is 8. The minimum absolute atomic E-state index is 0.821. The molecule has 5 nitrogen and oxygen atoms in total. The van der Waals surface area contributed by atoms with Crippen LogP contribution in [-0.2, 0) is 12.8 Å². The third kappa shape index (κ3) is 11.7. The van der Waals surface area contributed by atoms with Gasteiger partial charge in [-0.25, -0.2) is 15.0 Å². The van der Waals surface area contributed by atoms with Gasteiger partial charge in [0.2, 0.25) is 0 Å². The zero-order chi connectivity index (χ0) is 45.6. The second kappa shape index (κ2) is 23.9. The molecule has 0 atom stereocenters. The molecular weight excluding hydrogens is 875 g/mol. The number of unbranched alkanes of at least 4 members (excludes halogenated alkanes) is 18. The summed E-state index contributed by atoms with van der Waals surface area (Å²) < 4.78 is 9.68. The maximum absolute atomic E-state index is 5.63. The topological polar surface area (TPSA) is 63.9 Å². The molecule has 4 heterocycles. The number of fused-ring (bicyclic) bond motifs is 5. The van der Waals surface area contributed by atoms with Gasteiger partial charge in [0.05, 0.1) is 49.8 Å². The summed E-state index contributed by atoms with van der Waals surface area (Å²) in [5, 5.41) is 2.23. The molecule has 0 unspecified atom stereocenters. The Kier molecular flexibility index (Phi) is 16.8. The van der Waals surface area contributed by atoms with Gasteiger partial charge in [0.1, 0.15) is 16.6 Å². The zero-order valence-electron chi connectivity index (χ0n) is 39.8. The maximum Gasteiger partial charge on any atom is 0.115 e. The predicted octanol–water partition coefficient (Wildman–Crippen LogP) is 18.8. The van der Waals surface area contributed by atoms with Crippen molar-refractivity contribution < 1.29 is 0 Å². The fraction of sp³-hybridized carbons (Fsp3) is 0.407. The third-order valence-corrected chi connectivity index (χ3v) is 16.3. The van der Waals surface area contributed by atoms with Crippen LogP contribution in [0.15, 0.2) is 107 Å². The average Bonchev–Trinajstić information content (AvgIpc) is 4.18. The highest BCUT2D eigenvalue weighted by Crippen LogP contribution is 2.51. The van der Waals surface area contributed by atoms with Crippen molar-refractivity contribution in [2.75, 3.05) is 0 Å². The summed E-state index contributed by atoms with van der Waals surface area (Å²) in [6.07, 6.45) is 29.4. The second-order valence-electron chi connectivity index (χ2n) is 18.8. The van der Waals surface area contributed by atoms with E-state index in [1.54, 1.807) is 0 Å². The Bertz CT molecular complexity index is 2810. The molecule has 0 spiro atoms. The van der Waals surface area contributed by atoms with Crippen molar-refractivity contribution in [2.24, 2.45) is 4.99 Å². The quantitative estimate of drug-likeness (QED) is 0.0508. The summed E-state index contributed by atoms with van der Waals surface area (Å²) in [6.45, 7) is 4.60. The van der Waals surface area contributed by atoms with E-state index in [-0.39, 0.29) is 0 Å². The third-order valence-electron chi connectivity index (χ3n) is 13.6. The van der Waals surface area contributed by atoms with Gasteiger partial charge in [-0.3, -0.25) is 0 Å². The lowest BCUT2D eigenvalue weighted by Crippen LogP contribution is -1.98. The maximum atomic E-state index is 5.63. The lowest BCUT2D eigenvalue weighted by Gasteiger charge is -2.13. The van der Waals surface area contributed by atoms with Crippen LogP contribution in [0.4, 0.5) is 5.69 Å². The number of nitrogens with zero attached hydrogens (tertiary/aromatic N) is 5. The highest BCUT2D eigenvalue weighted by molar-refractivity contribution is 7.24. The molecule has 1 aliphatic carbocycles. The Balaban J connectivity index is 1.01. The molecule has 0 fully saturated rings. The molecule has 0 aliphatic heterocycles. The van der Waals surface area contributed by atoms with Crippen molar-refractivity contribution in [1.29, 1.82) is 0 Å². The van der Waals surface area contributed by atoms with Gasteiger partial charge in [-0.1, -0.05) is 196 Å². The van der Waals surface area contributed by atoms with Crippen LogP contribution < -0.4 is 0 Å². The number of aryl methyl sites for hydroxylation is 2. The van der Waals surface area contributed by atoms with Gasteiger partial charge in [0.25, 0.3) is 0 Å². The van der Waals surface area contributed by atoms with E-state index in [9.17, 15) is 0 Å². The molecule has 1 aliphatic rings. The summed E-state index contributed by atoms with van der Waals surface area (Å²) in [5.74, 6) is 0. The molecule has 0 amide bonds. The van der Waals surface area contributed by atoms with E-state index >= 15 is 0 Å². The van der Waals surface area contributed by atoms with Crippen molar-refractivity contribution in [3.8, 4) is 42.7 Å². The number of thiophene rings is 2. The number of hydrogen-bond donors (Lipinski definition) is 0. The molecule has 0 bridgehead atoms. The first-order valence-electron chi connectivity index (χ1n) is 25.7. The normalized spacial score (nSPS) is 12.8. The highest BCUT2D eigenvalue weighted by atomic mass is 32.1. The smallest absolute Gasteiger partial charge is 0.115 e. The van der Waals surface area contributed by atoms with Crippen molar-refractivity contribution in [3.63, 3.8) is 0 Å². The number of aromatic nitrogens is 4. The second-order valence-corrected chi connectivity index (χ2v) is 21.2. The van der Waals surface area contributed by atoms with Gasteiger partial charge in [-0.2, -0.15) is 8.75 Å². The molecule has 0 radical (unpaired) electrons. The van der Waals surface area contributed by atoms with Crippen molar-refractivity contribution in [3.05, 3.63) is 125 Å². The Morgan fingerprint density at radius 3 is 1.61 bits per heavy atom. The summed E-state index contributed by atoms with van der Waals surface area (Å²) in [5.41, 5.74) is 15.7. The van der Waals surface area contributed by atoms with Crippen LogP contribution in [0.5, 0.6) is 0 Å². The molecule has 9 rings (SSSR count). The molecule has 8 aromatic rings. The molecular formula is C59H67N5S3. The summed E-state index contributed by atoms with van der Waals surface area (Å²) in [4.78, 5) is 20.2. The minimum Gasteiger partial charge on any atom is -0.248 e. The summed E-state index contributed by atoms with van der Waals surface area (Å²) in [6, 6.07) is 34.8. The van der Waals surface area contributed by atoms with Crippen LogP contribution >= 0.6 is 34.4 Å². The fourth-order valence-corrected chi connectivity index (χ4v) is 12.7. The van der Waals surface area contributed by atoms with E-state index in [1.165, 1.54) is 172 Å². The minimum atomic E-state index is 0.821. The Morgan fingerprint density at radius 2 is 1.03 bits per heavy atom.